The lowest BCUT2D eigenvalue weighted by atomic mass is 10.2. The van der Waals surface area contributed by atoms with Gasteiger partial charge in [-0.3, -0.25) is 9.59 Å². The number of benzene rings is 2. The number of methoxy groups -OCH3 is 1. The molecule has 0 atom stereocenters. The fourth-order valence-corrected chi connectivity index (χ4v) is 3.35. The summed E-state index contributed by atoms with van der Waals surface area (Å²) in [7, 11) is 3.22. The van der Waals surface area contributed by atoms with E-state index in [4.69, 9.17) is 4.74 Å². The zero-order chi connectivity index (χ0) is 19.7. The molecule has 0 unspecified atom stereocenters. The van der Waals surface area contributed by atoms with E-state index in [2.05, 4.69) is 10.4 Å². The third-order valence-corrected chi connectivity index (χ3v) is 4.82. The van der Waals surface area contributed by atoms with Gasteiger partial charge in [-0.25, -0.2) is 4.68 Å². The van der Waals surface area contributed by atoms with Crippen LogP contribution in [0.15, 0.2) is 59.5 Å². The van der Waals surface area contributed by atoms with Gasteiger partial charge in [0.2, 0.25) is 5.91 Å². The Bertz CT molecular complexity index is 1220. The lowest BCUT2D eigenvalue weighted by molar-refractivity contribution is -0.121. The van der Waals surface area contributed by atoms with Crippen LogP contribution in [0.5, 0.6) is 5.75 Å². The summed E-state index contributed by atoms with van der Waals surface area (Å²) >= 11 is 0. The molecule has 4 aromatic rings. The summed E-state index contributed by atoms with van der Waals surface area (Å²) in [5.41, 5.74) is 2.06. The molecule has 7 heteroatoms. The van der Waals surface area contributed by atoms with Crippen LogP contribution in [0.2, 0.25) is 0 Å². The Morgan fingerprint density at radius 1 is 1.11 bits per heavy atom. The van der Waals surface area contributed by atoms with Gasteiger partial charge in [-0.05, 0) is 23.8 Å². The largest absolute Gasteiger partial charge is 0.497 e. The minimum atomic E-state index is -0.225. The molecule has 2 aromatic carbocycles. The van der Waals surface area contributed by atoms with E-state index >= 15 is 0 Å². The molecule has 0 aliphatic heterocycles. The molecule has 0 aliphatic carbocycles. The normalized spacial score (nSPS) is 11.1. The van der Waals surface area contributed by atoms with Crippen LogP contribution in [0.4, 0.5) is 0 Å². The van der Waals surface area contributed by atoms with Crippen LogP contribution in [0.3, 0.4) is 0 Å². The summed E-state index contributed by atoms with van der Waals surface area (Å²) < 4.78 is 8.19. The van der Waals surface area contributed by atoms with Crippen molar-refractivity contribution in [2.24, 2.45) is 7.05 Å². The number of fused-ring (bicyclic) bond motifs is 3. The molecule has 2 heterocycles. The minimum Gasteiger partial charge on any atom is -0.497 e. The first-order chi connectivity index (χ1) is 13.6. The topological polar surface area (TPSA) is 78.2 Å². The number of aromatic nitrogens is 3. The van der Waals surface area contributed by atoms with Gasteiger partial charge in [-0.1, -0.05) is 30.3 Å². The molecule has 28 heavy (non-hydrogen) atoms. The second-order valence-electron chi connectivity index (χ2n) is 6.56. The standard InChI is InChI=1S/C21H20N4O3/c1-24-21(27)20-17(12-23-24)16-5-3-4-6-18(16)25(20)13-19(26)22-11-14-7-9-15(28-2)10-8-14/h3-10,12H,11,13H2,1-2H3,(H,22,26). The number of nitrogens with one attached hydrogen (secondary N) is 1. The number of nitrogens with zero attached hydrogens (tertiary/aromatic N) is 3. The summed E-state index contributed by atoms with van der Waals surface area (Å²) in [4.78, 5) is 25.3. The molecular weight excluding hydrogens is 356 g/mol. The zero-order valence-corrected chi connectivity index (χ0v) is 15.7. The van der Waals surface area contributed by atoms with Crippen LogP contribution in [-0.2, 0) is 24.9 Å². The Morgan fingerprint density at radius 3 is 2.61 bits per heavy atom. The first kappa shape index (κ1) is 17.8. The molecule has 1 amide bonds. The monoisotopic (exact) mass is 376 g/mol. The number of para-hydroxylation sites is 1. The summed E-state index contributed by atoms with van der Waals surface area (Å²) in [6, 6.07) is 15.2. The van der Waals surface area contributed by atoms with E-state index in [0.29, 0.717) is 12.1 Å². The number of hydrogen-bond donors (Lipinski definition) is 1. The summed E-state index contributed by atoms with van der Waals surface area (Å²) in [6.07, 6.45) is 1.67. The average molecular weight is 376 g/mol. The number of carbonyl (C=O) groups is 1. The smallest absolute Gasteiger partial charge is 0.291 e. The molecule has 2 aromatic heterocycles. The van der Waals surface area contributed by atoms with E-state index in [1.54, 1.807) is 24.9 Å². The Kier molecular flexibility index (Phi) is 4.57. The lowest BCUT2D eigenvalue weighted by Gasteiger charge is -2.09. The van der Waals surface area contributed by atoms with Crippen molar-refractivity contribution in [3.8, 4) is 5.75 Å². The van der Waals surface area contributed by atoms with Crippen molar-refractivity contribution in [3.63, 3.8) is 0 Å². The highest BCUT2D eigenvalue weighted by molar-refractivity contribution is 6.07. The number of hydrogen-bond acceptors (Lipinski definition) is 4. The van der Waals surface area contributed by atoms with Crippen molar-refractivity contribution in [1.82, 2.24) is 19.7 Å². The molecular formula is C21H20N4O3. The molecule has 1 N–H and O–H groups in total. The molecule has 142 valence electrons. The van der Waals surface area contributed by atoms with Gasteiger partial charge in [-0.2, -0.15) is 5.10 Å². The predicted molar refractivity (Wildman–Crippen MR) is 107 cm³/mol. The maximum Gasteiger partial charge on any atom is 0.291 e. The van der Waals surface area contributed by atoms with Crippen molar-refractivity contribution < 1.29 is 9.53 Å². The summed E-state index contributed by atoms with van der Waals surface area (Å²) in [5.74, 6) is 0.599. The molecule has 4 rings (SSSR count). The van der Waals surface area contributed by atoms with E-state index in [0.717, 1.165) is 27.6 Å². The van der Waals surface area contributed by atoms with Gasteiger partial charge in [0.15, 0.2) is 0 Å². The Labute approximate surface area is 161 Å². The van der Waals surface area contributed by atoms with Gasteiger partial charge in [0.1, 0.15) is 17.8 Å². The van der Waals surface area contributed by atoms with E-state index in [-0.39, 0.29) is 18.0 Å². The van der Waals surface area contributed by atoms with Crippen LogP contribution in [-0.4, -0.2) is 27.4 Å². The second kappa shape index (κ2) is 7.19. The zero-order valence-electron chi connectivity index (χ0n) is 15.7. The molecule has 0 saturated heterocycles. The number of amides is 1. The minimum absolute atomic E-state index is 0.0550. The summed E-state index contributed by atoms with van der Waals surface area (Å²) in [6.45, 7) is 0.457. The number of rotatable bonds is 5. The van der Waals surface area contributed by atoms with Gasteiger partial charge in [0.05, 0.1) is 13.3 Å². The number of carbonyl (C=O) groups excluding carboxylic acids is 1. The summed E-state index contributed by atoms with van der Waals surface area (Å²) in [5, 5.41) is 8.69. The first-order valence-electron chi connectivity index (χ1n) is 8.91. The number of aryl methyl sites for hydroxylation is 1. The van der Waals surface area contributed by atoms with Crippen LogP contribution < -0.4 is 15.6 Å². The first-order valence-corrected chi connectivity index (χ1v) is 8.91. The SMILES string of the molecule is COc1ccc(CNC(=O)Cn2c3ccccc3c3cnn(C)c(=O)c32)cc1. The Morgan fingerprint density at radius 2 is 1.86 bits per heavy atom. The fraction of sp³-hybridized carbons (Fsp3) is 0.190. The molecule has 7 nitrogen and oxygen atoms in total. The van der Waals surface area contributed by atoms with Crippen LogP contribution in [0.25, 0.3) is 21.8 Å². The van der Waals surface area contributed by atoms with Gasteiger partial charge in [-0.15, -0.1) is 0 Å². The molecule has 0 spiro atoms. The van der Waals surface area contributed by atoms with Gasteiger partial charge < -0.3 is 14.6 Å². The highest BCUT2D eigenvalue weighted by atomic mass is 16.5. The average Bonchev–Trinajstić information content (AvgIpc) is 3.04. The second-order valence-corrected chi connectivity index (χ2v) is 6.56. The molecule has 0 aliphatic rings. The predicted octanol–water partition coefficient (Wildman–Crippen LogP) is 2.21. The van der Waals surface area contributed by atoms with E-state index in [1.165, 1.54) is 4.68 Å². The quantitative estimate of drug-likeness (QED) is 0.579. The number of ether oxygens (including phenoxy) is 1. The van der Waals surface area contributed by atoms with E-state index < -0.39 is 0 Å². The molecule has 0 bridgehead atoms. The van der Waals surface area contributed by atoms with Crippen molar-refractivity contribution in [3.05, 3.63) is 70.6 Å². The molecule has 0 fully saturated rings. The van der Waals surface area contributed by atoms with Crippen LogP contribution in [0, 0.1) is 0 Å². The fourth-order valence-electron chi connectivity index (χ4n) is 3.35. The third kappa shape index (κ3) is 3.11. The molecule has 0 saturated carbocycles. The van der Waals surface area contributed by atoms with Crippen molar-refractivity contribution in [2.45, 2.75) is 13.1 Å². The van der Waals surface area contributed by atoms with Crippen molar-refractivity contribution in [1.29, 1.82) is 0 Å². The van der Waals surface area contributed by atoms with Gasteiger partial charge in [0.25, 0.3) is 5.56 Å². The Hall–Kier alpha value is -3.61. The van der Waals surface area contributed by atoms with Crippen LogP contribution in [0.1, 0.15) is 5.56 Å². The third-order valence-electron chi connectivity index (χ3n) is 4.82. The maximum atomic E-state index is 12.7. The van der Waals surface area contributed by atoms with E-state index in [1.807, 2.05) is 48.5 Å². The maximum absolute atomic E-state index is 12.7. The van der Waals surface area contributed by atoms with Crippen molar-refractivity contribution in [2.75, 3.05) is 7.11 Å². The van der Waals surface area contributed by atoms with Gasteiger partial charge in [0, 0.05) is 29.9 Å². The van der Waals surface area contributed by atoms with Crippen LogP contribution >= 0.6 is 0 Å². The Balaban J connectivity index is 1.63. The molecule has 0 radical (unpaired) electrons. The van der Waals surface area contributed by atoms with E-state index in [9.17, 15) is 9.59 Å². The highest BCUT2D eigenvalue weighted by Crippen LogP contribution is 2.26. The highest BCUT2D eigenvalue weighted by Gasteiger charge is 2.16. The van der Waals surface area contributed by atoms with Gasteiger partial charge >= 0.3 is 0 Å². The lowest BCUT2D eigenvalue weighted by Crippen LogP contribution is -2.29. The van der Waals surface area contributed by atoms with Crippen molar-refractivity contribution >= 4 is 27.7 Å².